The Bertz CT molecular complexity index is 970. The predicted molar refractivity (Wildman–Crippen MR) is 116 cm³/mol. The third-order valence-electron chi connectivity index (χ3n) is 4.83. The Balaban J connectivity index is 1.64. The van der Waals surface area contributed by atoms with Crippen LogP contribution in [0.3, 0.4) is 0 Å². The highest BCUT2D eigenvalue weighted by molar-refractivity contribution is 8.00. The highest BCUT2D eigenvalue weighted by Crippen LogP contribution is 2.40. The number of carbonyl (C=O) groups excluding carboxylic acids is 3. The third-order valence-corrected chi connectivity index (χ3v) is 6.17. The van der Waals surface area contributed by atoms with Crippen molar-refractivity contribution >= 4 is 47.3 Å². The van der Waals surface area contributed by atoms with E-state index in [9.17, 15) is 24.3 Å². The van der Waals surface area contributed by atoms with Crippen LogP contribution in [-0.4, -0.2) is 71.6 Å². The molecule has 31 heavy (non-hydrogen) atoms. The zero-order chi connectivity index (χ0) is 22.7. The molecule has 10 heteroatoms. The molecule has 2 aliphatic heterocycles. The molecule has 0 unspecified atom stereocenters. The Kier molecular flexibility index (Phi) is 6.69. The van der Waals surface area contributed by atoms with Crippen LogP contribution in [0.4, 0.5) is 5.69 Å². The number of aliphatic carboxylic acids is 1. The summed E-state index contributed by atoms with van der Waals surface area (Å²) in [6.45, 7) is 1.04. The fourth-order valence-electron chi connectivity index (χ4n) is 3.24. The fraction of sp³-hybridized carbons (Fsp3) is 0.333. The molecule has 0 aliphatic carbocycles. The van der Waals surface area contributed by atoms with Crippen molar-refractivity contribution in [1.82, 2.24) is 10.2 Å². The number of carbonyl (C=O) groups is 4. The zero-order valence-electron chi connectivity index (χ0n) is 17.3. The van der Waals surface area contributed by atoms with E-state index in [0.717, 1.165) is 16.2 Å². The van der Waals surface area contributed by atoms with Crippen molar-refractivity contribution in [2.45, 2.75) is 18.3 Å². The quantitative estimate of drug-likeness (QED) is 0.364. The highest BCUT2D eigenvalue weighted by atomic mass is 32.2. The Morgan fingerprint density at radius 3 is 2.55 bits per heavy atom. The number of fused-ring (bicyclic) bond motifs is 1. The Labute approximate surface area is 183 Å². The minimum atomic E-state index is -1.27. The van der Waals surface area contributed by atoms with E-state index in [1.165, 1.54) is 24.8 Å². The van der Waals surface area contributed by atoms with Crippen molar-refractivity contribution in [3.63, 3.8) is 0 Å². The number of nitrogens with zero attached hydrogens (tertiary/aromatic N) is 2. The molecule has 0 radical (unpaired) electrons. The van der Waals surface area contributed by atoms with Gasteiger partial charge >= 0.3 is 11.9 Å². The second-order valence-electron chi connectivity index (χ2n) is 7.25. The van der Waals surface area contributed by atoms with Gasteiger partial charge in [0.15, 0.2) is 0 Å². The van der Waals surface area contributed by atoms with Gasteiger partial charge in [0.25, 0.3) is 5.91 Å². The molecule has 9 nitrogen and oxygen atoms in total. The lowest BCUT2D eigenvalue weighted by Gasteiger charge is -2.49. The summed E-state index contributed by atoms with van der Waals surface area (Å²) in [4.78, 5) is 50.7. The lowest BCUT2D eigenvalue weighted by atomic mass is 10.0. The summed E-state index contributed by atoms with van der Waals surface area (Å²) in [7, 11) is 3.87. The number of benzene rings is 1. The van der Waals surface area contributed by atoms with Gasteiger partial charge < -0.3 is 20.1 Å². The normalized spacial score (nSPS) is 20.2. The second-order valence-corrected chi connectivity index (χ2v) is 8.36. The number of ether oxygens (including phenoxy) is 1. The summed E-state index contributed by atoms with van der Waals surface area (Å²) in [5, 5.41) is 11.7. The Hall–Kier alpha value is -3.27. The van der Waals surface area contributed by atoms with Crippen molar-refractivity contribution in [3.05, 3.63) is 47.2 Å². The van der Waals surface area contributed by atoms with Gasteiger partial charge in [0, 0.05) is 44.1 Å². The highest BCUT2D eigenvalue weighted by Gasteiger charge is 2.54. The van der Waals surface area contributed by atoms with Crippen molar-refractivity contribution in [3.8, 4) is 0 Å². The van der Waals surface area contributed by atoms with E-state index in [0.29, 0.717) is 5.57 Å². The van der Waals surface area contributed by atoms with Crippen molar-refractivity contribution in [2.75, 3.05) is 31.4 Å². The largest absolute Gasteiger partial charge is 0.477 e. The van der Waals surface area contributed by atoms with Gasteiger partial charge in [0.2, 0.25) is 5.91 Å². The van der Waals surface area contributed by atoms with Crippen LogP contribution in [0.25, 0.3) is 6.08 Å². The minimum absolute atomic E-state index is 0.183. The first-order valence-corrected chi connectivity index (χ1v) is 10.5. The maximum Gasteiger partial charge on any atom is 0.352 e. The van der Waals surface area contributed by atoms with E-state index in [1.807, 2.05) is 43.3 Å². The molecule has 0 aromatic heterocycles. The number of thioether (sulfide) groups is 1. The van der Waals surface area contributed by atoms with Gasteiger partial charge in [-0.25, -0.2) is 4.79 Å². The standard InChI is InChI=1S/C21H23N3O6S/c1-12(25)30-10-14-11-31-20-17(19(27)24(20)18(14)21(28)29)22-16(26)9-6-13-4-7-15(8-5-13)23(2)3/h4-9,17,20H,10-11H2,1-3H3,(H,22,26)(H,28,29)/b9-6+/t17-,20+/m0/s1. The molecule has 1 saturated heterocycles. The molecule has 2 N–H and O–H groups in total. The van der Waals surface area contributed by atoms with Crippen molar-refractivity contribution < 1.29 is 29.0 Å². The maximum atomic E-state index is 12.6. The third kappa shape index (κ3) is 4.91. The molecule has 2 aliphatic rings. The van der Waals surface area contributed by atoms with Crippen LogP contribution in [0.5, 0.6) is 0 Å². The molecule has 0 spiro atoms. The molecule has 1 fully saturated rings. The number of carboxylic acids is 1. The summed E-state index contributed by atoms with van der Waals surface area (Å²) < 4.78 is 4.90. The molecule has 0 bridgehead atoms. The lowest BCUT2D eigenvalue weighted by molar-refractivity contribution is -0.150. The van der Waals surface area contributed by atoms with Gasteiger partial charge in [-0.3, -0.25) is 19.3 Å². The lowest BCUT2D eigenvalue weighted by Crippen LogP contribution is -2.70. The zero-order valence-corrected chi connectivity index (χ0v) is 18.1. The number of hydrogen-bond donors (Lipinski definition) is 2. The van der Waals surface area contributed by atoms with E-state index in [1.54, 1.807) is 6.08 Å². The molecular formula is C21H23N3O6S. The number of rotatable bonds is 7. The Morgan fingerprint density at radius 1 is 1.29 bits per heavy atom. The molecule has 2 heterocycles. The molecule has 0 saturated carbocycles. The summed E-state index contributed by atoms with van der Waals surface area (Å²) in [6.07, 6.45) is 2.98. The first-order valence-electron chi connectivity index (χ1n) is 9.48. The van der Waals surface area contributed by atoms with Crippen LogP contribution in [0, 0.1) is 0 Å². The maximum absolute atomic E-state index is 12.6. The fourth-order valence-corrected chi connectivity index (χ4v) is 4.57. The monoisotopic (exact) mass is 445 g/mol. The van der Waals surface area contributed by atoms with E-state index in [4.69, 9.17) is 4.74 Å². The SMILES string of the molecule is CC(=O)OCC1=C(C(=O)O)N2C(=O)[C@H](NC(=O)/C=C/c3ccc(N(C)C)cc3)[C@H]2SC1. The average molecular weight is 445 g/mol. The molecule has 2 amide bonds. The predicted octanol–water partition coefficient (Wildman–Crippen LogP) is 1.07. The summed E-state index contributed by atoms with van der Waals surface area (Å²) >= 11 is 1.32. The van der Waals surface area contributed by atoms with Gasteiger partial charge in [0.05, 0.1) is 0 Å². The smallest absolute Gasteiger partial charge is 0.352 e. The van der Waals surface area contributed by atoms with E-state index < -0.39 is 35.2 Å². The van der Waals surface area contributed by atoms with E-state index >= 15 is 0 Å². The molecular weight excluding hydrogens is 422 g/mol. The first kappa shape index (κ1) is 22.4. The average Bonchev–Trinajstić information content (AvgIpc) is 2.73. The first-order chi connectivity index (χ1) is 14.7. The number of hydrogen-bond acceptors (Lipinski definition) is 7. The number of amides is 2. The summed E-state index contributed by atoms with van der Waals surface area (Å²) in [5.74, 6) is -2.47. The van der Waals surface area contributed by atoms with Crippen molar-refractivity contribution in [1.29, 1.82) is 0 Å². The van der Waals surface area contributed by atoms with Crippen LogP contribution in [-0.2, 0) is 23.9 Å². The molecule has 1 aromatic carbocycles. The molecule has 1 aromatic rings. The van der Waals surface area contributed by atoms with Gasteiger partial charge in [-0.2, -0.15) is 0 Å². The molecule has 3 rings (SSSR count). The number of nitrogens with one attached hydrogen (secondary N) is 1. The van der Waals surface area contributed by atoms with Crippen LogP contribution >= 0.6 is 11.8 Å². The van der Waals surface area contributed by atoms with Crippen LogP contribution < -0.4 is 10.2 Å². The van der Waals surface area contributed by atoms with Crippen molar-refractivity contribution in [2.24, 2.45) is 0 Å². The van der Waals surface area contributed by atoms with E-state index in [2.05, 4.69) is 5.32 Å². The van der Waals surface area contributed by atoms with Crippen LogP contribution in [0.2, 0.25) is 0 Å². The number of anilines is 1. The number of carboxylic acid groups (broad SMARTS) is 1. The second kappa shape index (κ2) is 9.25. The van der Waals surface area contributed by atoms with Crippen LogP contribution in [0.1, 0.15) is 12.5 Å². The topological polar surface area (TPSA) is 116 Å². The van der Waals surface area contributed by atoms with E-state index in [-0.39, 0.29) is 18.1 Å². The van der Waals surface area contributed by atoms with Gasteiger partial charge in [0.1, 0.15) is 23.7 Å². The Morgan fingerprint density at radius 2 is 1.97 bits per heavy atom. The summed E-state index contributed by atoms with van der Waals surface area (Å²) in [5.41, 5.74) is 2.03. The number of esters is 1. The van der Waals surface area contributed by atoms with Crippen LogP contribution in [0.15, 0.2) is 41.6 Å². The van der Waals surface area contributed by atoms with Gasteiger partial charge in [-0.1, -0.05) is 12.1 Å². The van der Waals surface area contributed by atoms with Gasteiger partial charge in [-0.05, 0) is 23.8 Å². The summed E-state index contributed by atoms with van der Waals surface area (Å²) in [6, 6.07) is 6.79. The molecule has 2 atom stereocenters. The molecule has 164 valence electrons. The van der Waals surface area contributed by atoms with Gasteiger partial charge in [-0.15, -0.1) is 11.8 Å². The minimum Gasteiger partial charge on any atom is -0.477 e. The number of β-lactam (4-membered cyclic amide) rings is 1.